The Morgan fingerprint density at radius 3 is 2.41 bits per heavy atom. The van der Waals surface area contributed by atoms with Crippen molar-refractivity contribution in [3.63, 3.8) is 0 Å². The number of nitrogens with zero attached hydrogens (tertiary/aromatic N) is 2. The number of alkyl halides is 3. The Morgan fingerprint density at radius 2 is 1.90 bits per heavy atom. The Hall–Kier alpha value is -1.66. The van der Waals surface area contributed by atoms with E-state index in [0.29, 0.717) is 5.69 Å². The first-order valence-electron chi connectivity index (χ1n) is 8.82. The molecule has 3 rings (SSSR count). The summed E-state index contributed by atoms with van der Waals surface area (Å²) in [5, 5.41) is 21.3. The molecule has 0 bridgehead atoms. The lowest BCUT2D eigenvalue weighted by molar-refractivity contribution is -0.114. The van der Waals surface area contributed by atoms with E-state index in [1.807, 2.05) is 0 Å². The molecule has 0 radical (unpaired) electrons. The molecule has 2 N–H and O–H groups in total. The highest BCUT2D eigenvalue weighted by atomic mass is 32.2. The van der Waals surface area contributed by atoms with Gasteiger partial charge in [-0.1, -0.05) is 18.2 Å². The van der Waals surface area contributed by atoms with Crippen LogP contribution in [0.1, 0.15) is 5.56 Å². The van der Waals surface area contributed by atoms with Gasteiger partial charge in [-0.15, -0.1) is 11.3 Å². The molecule has 2 aromatic rings. The highest BCUT2D eigenvalue weighted by Gasteiger charge is 2.40. The molecule has 1 aromatic heterocycles. The van der Waals surface area contributed by atoms with Crippen LogP contribution in [0.4, 0.5) is 18.9 Å². The highest BCUT2D eigenvalue weighted by Crippen LogP contribution is 2.32. The van der Waals surface area contributed by atoms with Crippen molar-refractivity contribution in [3.05, 3.63) is 47.3 Å². The minimum absolute atomic E-state index is 0.0595. The van der Waals surface area contributed by atoms with E-state index in [-0.39, 0.29) is 36.0 Å². The van der Waals surface area contributed by atoms with Gasteiger partial charge >= 0.3 is 0 Å². The molecule has 1 unspecified atom stereocenters. The van der Waals surface area contributed by atoms with Crippen LogP contribution in [0.3, 0.4) is 0 Å². The van der Waals surface area contributed by atoms with Crippen LogP contribution in [-0.2, 0) is 15.6 Å². The van der Waals surface area contributed by atoms with Gasteiger partial charge in [0.25, 0.3) is 16.4 Å². The molecule has 0 amide bonds. The molecular formula is C18H21F3N2O4S2. The lowest BCUT2D eigenvalue weighted by Gasteiger charge is -2.41. The van der Waals surface area contributed by atoms with Gasteiger partial charge in [0, 0.05) is 25.3 Å². The number of halogens is 3. The van der Waals surface area contributed by atoms with Crippen molar-refractivity contribution in [2.24, 2.45) is 0 Å². The Kier molecular flexibility index (Phi) is 6.54. The average Bonchev–Trinajstić information content (AvgIpc) is 3.28. The lowest BCUT2D eigenvalue weighted by Crippen LogP contribution is -2.56. The normalized spacial score (nSPS) is 20.8. The van der Waals surface area contributed by atoms with Crippen molar-refractivity contribution in [1.82, 2.24) is 4.31 Å². The summed E-state index contributed by atoms with van der Waals surface area (Å²) in [6, 6.07) is 7.95. The van der Waals surface area contributed by atoms with Crippen LogP contribution in [0.15, 0.2) is 46.0 Å². The van der Waals surface area contributed by atoms with Gasteiger partial charge in [-0.2, -0.15) is 4.31 Å². The lowest BCUT2D eigenvalue weighted by atomic mass is 9.95. The minimum atomic E-state index is -3.65. The van der Waals surface area contributed by atoms with Gasteiger partial charge in [0.2, 0.25) is 0 Å². The summed E-state index contributed by atoms with van der Waals surface area (Å²) in [4.78, 5) is 1.76. The molecule has 11 heteroatoms. The fourth-order valence-corrected chi connectivity index (χ4v) is 5.89. The standard InChI is InChI=1S/C18H21F3N2O4S2/c19-12-18(25,17(20)21)13-3-5-14(6-4-13)23-8-7-22(10-15(23)11-24)29(26,27)16-2-1-9-28-16/h1-6,9,15,17,24-25H,7-8,10-12H2/t15-,18?/m0/s1. The van der Waals surface area contributed by atoms with Crippen molar-refractivity contribution in [1.29, 1.82) is 0 Å². The topological polar surface area (TPSA) is 81.1 Å². The van der Waals surface area contributed by atoms with Crippen LogP contribution in [0, 0.1) is 0 Å². The Bertz CT molecular complexity index is 910. The zero-order chi connectivity index (χ0) is 21.2. The number of rotatable bonds is 7. The van der Waals surface area contributed by atoms with E-state index in [0.717, 1.165) is 11.3 Å². The Balaban J connectivity index is 1.79. The highest BCUT2D eigenvalue weighted by molar-refractivity contribution is 7.91. The van der Waals surface area contributed by atoms with Crippen LogP contribution in [0.25, 0.3) is 0 Å². The van der Waals surface area contributed by atoms with Crippen molar-refractivity contribution in [2.75, 3.05) is 37.8 Å². The third-order valence-corrected chi connectivity index (χ3v) is 8.25. The monoisotopic (exact) mass is 450 g/mol. The summed E-state index contributed by atoms with van der Waals surface area (Å²) in [6.45, 7) is -1.42. The number of benzene rings is 1. The largest absolute Gasteiger partial charge is 0.394 e. The van der Waals surface area contributed by atoms with Crippen LogP contribution < -0.4 is 4.90 Å². The van der Waals surface area contributed by atoms with Crippen molar-refractivity contribution < 1.29 is 31.8 Å². The Labute approximate surface area is 170 Å². The summed E-state index contributed by atoms with van der Waals surface area (Å²) < 4.78 is 66.0. The van der Waals surface area contributed by atoms with Crippen LogP contribution >= 0.6 is 11.3 Å². The summed E-state index contributed by atoms with van der Waals surface area (Å²) in [7, 11) is -3.65. The third kappa shape index (κ3) is 4.15. The summed E-state index contributed by atoms with van der Waals surface area (Å²) >= 11 is 1.12. The molecule has 2 atom stereocenters. The second-order valence-electron chi connectivity index (χ2n) is 6.73. The Morgan fingerprint density at radius 1 is 1.21 bits per heavy atom. The van der Waals surface area contributed by atoms with Gasteiger partial charge < -0.3 is 15.1 Å². The molecule has 1 fully saturated rings. The molecule has 1 aliphatic heterocycles. The minimum Gasteiger partial charge on any atom is -0.394 e. The molecule has 6 nitrogen and oxygen atoms in total. The van der Waals surface area contributed by atoms with E-state index >= 15 is 0 Å². The predicted molar refractivity (Wildman–Crippen MR) is 104 cm³/mol. The number of aliphatic hydroxyl groups excluding tert-OH is 1. The number of piperazine rings is 1. The van der Waals surface area contributed by atoms with Gasteiger partial charge in [0.1, 0.15) is 10.9 Å². The van der Waals surface area contributed by atoms with E-state index in [1.54, 1.807) is 16.3 Å². The second kappa shape index (κ2) is 8.60. The predicted octanol–water partition coefficient (Wildman–Crippen LogP) is 2.04. The summed E-state index contributed by atoms with van der Waals surface area (Å²) in [5.41, 5.74) is -2.57. The van der Waals surface area contributed by atoms with Crippen LogP contribution in [0.2, 0.25) is 0 Å². The van der Waals surface area contributed by atoms with Crippen molar-refractivity contribution in [2.45, 2.75) is 22.3 Å². The summed E-state index contributed by atoms with van der Waals surface area (Å²) in [5.74, 6) is 0. The summed E-state index contributed by atoms with van der Waals surface area (Å²) in [6.07, 6.45) is -3.28. The maximum Gasteiger partial charge on any atom is 0.273 e. The number of aliphatic hydroxyl groups is 2. The molecular weight excluding hydrogens is 429 g/mol. The van der Waals surface area contributed by atoms with E-state index < -0.39 is 34.8 Å². The fourth-order valence-electron chi connectivity index (χ4n) is 3.28. The zero-order valence-electron chi connectivity index (χ0n) is 15.3. The van der Waals surface area contributed by atoms with Gasteiger partial charge in [-0.25, -0.2) is 21.6 Å². The van der Waals surface area contributed by atoms with Crippen molar-refractivity contribution >= 4 is 27.0 Å². The quantitative estimate of drug-likeness (QED) is 0.675. The fraction of sp³-hybridized carbons (Fsp3) is 0.444. The molecule has 1 saturated heterocycles. The average molecular weight is 451 g/mol. The second-order valence-corrected chi connectivity index (χ2v) is 9.84. The zero-order valence-corrected chi connectivity index (χ0v) is 16.9. The molecule has 29 heavy (non-hydrogen) atoms. The number of hydrogen-bond donors (Lipinski definition) is 2. The van der Waals surface area contributed by atoms with E-state index in [2.05, 4.69) is 0 Å². The van der Waals surface area contributed by atoms with E-state index in [9.17, 15) is 31.8 Å². The SMILES string of the molecule is O=S(=O)(c1cccs1)N1CCN(c2ccc(C(O)(CF)C(F)F)cc2)[C@H](CO)C1. The first kappa shape index (κ1) is 22.0. The maximum atomic E-state index is 13.0. The molecule has 1 aliphatic rings. The first-order valence-corrected chi connectivity index (χ1v) is 11.1. The van der Waals surface area contributed by atoms with Crippen molar-refractivity contribution in [3.8, 4) is 0 Å². The van der Waals surface area contributed by atoms with Gasteiger partial charge in [-0.05, 0) is 29.1 Å². The van der Waals surface area contributed by atoms with Gasteiger partial charge in [0.05, 0.1) is 12.6 Å². The molecule has 0 saturated carbocycles. The molecule has 160 valence electrons. The molecule has 2 heterocycles. The number of hydrogen-bond acceptors (Lipinski definition) is 6. The molecule has 1 aromatic carbocycles. The maximum absolute atomic E-state index is 13.0. The number of anilines is 1. The van der Waals surface area contributed by atoms with Crippen LogP contribution in [-0.4, -0.2) is 68.3 Å². The van der Waals surface area contributed by atoms with E-state index in [1.165, 1.54) is 34.6 Å². The first-order chi connectivity index (χ1) is 13.7. The van der Waals surface area contributed by atoms with Gasteiger partial charge in [-0.3, -0.25) is 0 Å². The van der Waals surface area contributed by atoms with Gasteiger partial charge in [0.15, 0.2) is 5.60 Å². The number of thiophene rings is 1. The van der Waals surface area contributed by atoms with E-state index in [4.69, 9.17) is 0 Å². The van der Waals surface area contributed by atoms with Crippen LogP contribution in [0.5, 0.6) is 0 Å². The molecule has 0 spiro atoms. The number of sulfonamides is 1. The smallest absolute Gasteiger partial charge is 0.273 e. The third-order valence-electron chi connectivity index (χ3n) is 5.01. The molecule has 0 aliphatic carbocycles.